The van der Waals surface area contributed by atoms with Gasteiger partial charge < -0.3 is 4.74 Å². The number of halogens is 1. The number of aromatic nitrogens is 4. The largest absolute Gasteiger partial charge is 0.468 e. The van der Waals surface area contributed by atoms with Crippen LogP contribution in [0.1, 0.15) is 10.6 Å². The van der Waals surface area contributed by atoms with Gasteiger partial charge in [0.15, 0.2) is 0 Å². The highest BCUT2D eigenvalue weighted by atomic mass is 35.5. The molecule has 32 heavy (non-hydrogen) atoms. The molecule has 11 heteroatoms. The second kappa shape index (κ2) is 8.93. The molecule has 4 rings (SSSR count). The molecule has 0 aliphatic carbocycles. The van der Waals surface area contributed by atoms with E-state index in [1.54, 1.807) is 30.3 Å². The van der Waals surface area contributed by atoms with Crippen LogP contribution in [0.5, 0.6) is 0 Å². The van der Waals surface area contributed by atoms with Crippen molar-refractivity contribution in [2.75, 3.05) is 7.11 Å². The first-order chi connectivity index (χ1) is 15.3. The first kappa shape index (κ1) is 21.7. The molecule has 0 amide bonds. The zero-order valence-electron chi connectivity index (χ0n) is 17.2. The lowest BCUT2D eigenvalue weighted by Crippen LogP contribution is -2.51. The van der Waals surface area contributed by atoms with Gasteiger partial charge in [-0.1, -0.05) is 23.7 Å². The van der Waals surface area contributed by atoms with Gasteiger partial charge in [0.1, 0.15) is 6.54 Å². The number of nitrogens with zero attached hydrogens (tertiary/aromatic N) is 4. The van der Waals surface area contributed by atoms with E-state index in [0.29, 0.717) is 10.7 Å². The fourth-order valence-electron chi connectivity index (χ4n) is 3.11. The Labute approximate surface area is 190 Å². The molecular weight excluding hydrogens is 454 g/mol. The lowest BCUT2D eigenvalue weighted by molar-refractivity contribution is -0.141. The summed E-state index contributed by atoms with van der Waals surface area (Å²) in [5.74, 6) is -0.716. The van der Waals surface area contributed by atoms with Crippen LogP contribution in [0, 0.1) is 6.92 Å². The minimum absolute atomic E-state index is 0.0525. The van der Waals surface area contributed by atoms with Crippen molar-refractivity contribution in [3.05, 3.63) is 84.6 Å². The summed E-state index contributed by atoms with van der Waals surface area (Å²) in [6, 6.07) is 12.4. The fraction of sp³-hybridized carbons (Fsp3) is 0.190. The Morgan fingerprint density at radius 3 is 2.66 bits per heavy atom. The van der Waals surface area contributed by atoms with Crippen molar-refractivity contribution in [1.82, 2.24) is 19.1 Å². The zero-order chi connectivity index (χ0) is 22.8. The highest BCUT2D eigenvalue weighted by Gasteiger charge is 2.13. The summed E-state index contributed by atoms with van der Waals surface area (Å²) in [5.41, 5.74) is 0.757. The lowest BCUT2D eigenvalue weighted by atomic mass is 10.2. The van der Waals surface area contributed by atoms with E-state index in [1.807, 2.05) is 19.1 Å². The van der Waals surface area contributed by atoms with Crippen molar-refractivity contribution in [3.63, 3.8) is 0 Å². The summed E-state index contributed by atoms with van der Waals surface area (Å²) in [6.07, 6.45) is 0. The maximum absolute atomic E-state index is 13.1. The molecule has 1 N–H and O–H groups in total. The minimum atomic E-state index is -0.763. The number of ether oxygens (including phenoxy) is 1. The highest BCUT2D eigenvalue weighted by Crippen LogP contribution is 2.25. The summed E-state index contributed by atoms with van der Waals surface area (Å²) < 4.78 is 7.60. The molecule has 0 saturated carbocycles. The quantitative estimate of drug-likeness (QED) is 0.449. The number of hydrogen-bond acceptors (Lipinski definition) is 7. The number of methoxy groups -OCH3 is 1. The SMILES string of the molecule is COC(=O)Cn1c(=O)[nH]/c(=N\c2ccc3nc(C)sc3c2)n(Cc2ccc(Cl)cc2)c1=O. The van der Waals surface area contributed by atoms with Gasteiger partial charge in [-0.15, -0.1) is 11.3 Å². The molecule has 0 fully saturated rings. The van der Waals surface area contributed by atoms with Gasteiger partial charge in [0, 0.05) is 5.02 Å². The van der Waals surface area contributed by atoms with Crippen LogP contribution in [-0.2, 0) is 22.6 Å². The minimum Gasteiger partial charge on any atom is -0.468 e. The Morgan fingerprint density at radius 2 is 1.94 bits per heavy atom. The molecule has 0 spiro atoms. The Kier molecular flexibility index (Phi) is 6.06. The van der Waals surface area contributed by atoms with Gasteiger partial charge in [-0.05, 0) is 42.8 Å². The third-order valence-electron chi connectivity index (χ3n) is 4.66. The van der Waals surface area contributed by atoms with Crippen LogP contribution >= 0.6 is 22.9 Å². The average Bonchev–Trinajstić information content (AvgIpc) is 3.14. The smallest absolute Gasteiger partial charge is 0.335 e. The molecule has 0 unspecified atom stereocenters. The van der Waals surface area contributed by atoms with Crippen molar-refractivity contribution >= 4 is 44.8 Å². The number of carbonyl (C=O) groups excluding carboxylic acids is 1. The number of thiazole rings is 1. The third kappa shape index (κ3) is 4.56. The number of H-pyrrole nitrogens is 1. The first-order valence-electron chi connectivity index (χ1n) is 9.51. The van der Waals surface area contributed by atoms with E-state index in [4.69, 9.17) is 11.6 Å². The molecule has 0 atom stereocenters. The van der Waals surface area contributed by atoms with Crippen LogP contribution in [0.4, 0.5) is 5.69 Å². The number of rotatable bonds is 5. The van der Waals surface area contributed by atoms with Crippen molar-refractivity contribution < 1.29 is 9.53 Å². The fourth-order valence-corrected chi connectivity index (χ4v) is 4.10. The molecule has 2 aromatic carbocycles. The Morgan fingerprint density at radius 1 is 1.19 bits per heavy atom. The topological polar surface area (TPSA) is 111 Å². The van der Waals surface area contributed by atoms with Crippen LogP contribution in [0.3, 0.4) is 0 Å². The molecule has 2 heterocycles. The summed E-state index contributed by atoms with van der Waals surface area (Å²) in [7, 11) is 1.18. The number of aryl methyl sites for hydroxylation is 1. The third-order valence-corrected chi connectivity index (χ3v) is 5.85. The molecule has 0 radical (unpaired) electrons. The number of benzene rings is 2. The average molecular weight is 472 g/mol. The number of esters is 1. The Balaban J connectivity index is 1.89. The van der Waals surface area contributed by atoms with Gasteiger partial charge in [0.05, 0.1) is 34.6 Å². The van der Waals surface area contributed by atoms with Crippen LogP contribution in [0.2, 0.25) is 5.02 Å². The standard InChI is InChI=1S/C21H18ClN5O4S/c1-12-23-16-8-7-15(9-17(16)32-12)24-19-25-20(29)27(11-18(28)31-2)21(30)26(19)10-13-3-5-14(22)6-4-13/h3-9H,10-11H2,1-2H3,(H,24,25,29). The van der Waals surface area contributed by atoms with Gasteiger partial charge in [-0.2, -0.15) is 0 Å². The second-order valence-electron chi connectivity index (χ2n) is 6.91. The molecule has 164 valence electrons. The summed E-state index contributed by atoms with van der Waals surface area (Å²) in [5, 5.41) is 1.48. The molecule has 9 nitrogen and oxygen atoms in total. The van der Waals surface area contributed by atoms with Crippen molar-refractivity contribution in [2.45, 2.75) is 20.0 Å². The van der Waals surface area contributed by atoms with E-state index in [-0.39, 0.29) is 12.2 Å². The molecule has 2 aromatic heterocycles. The number of fused-ring (bicyclic) bond motifs is 1. The molecule has 0 bridgehead atoms. The van der Waals surface area contributed by atoms with Gasteiger partial charge in [0.2, 0.25) is 5.62 Å². The molecule has 0 aliphatic heterocycles. The second-order valence-corrected chi connectivity index (χ2v) is 8.58. The van der Waals surface area contributed by atoms with E-state index in [0.717, 1.165) is 25.4 Å². The Hall–Kier alpha value is -3.50. The number of carbonyl (C=O) groups is 1. The van der Waals surface area contributed by atoms with Crippen LogP contribution in [0.15, 0.2) is 57.0 Å². The van der Waals surface area contributed by atoms with Gasteiger partial charge in [-0.25, -0.2) is 24.1 Å². The van der Waals surface area contributed by atoms with Crippen molar-refractivity contribution in [1.29, 1.82) is 0 Å². The summed E-state index contributed by atoms with van der Waals surface area (Å²) in [6.45, 7) is 1.51. The molecule has 4 aromatic rings. The zero-order valence-corrected chi connectivity index (χ0v) is 18.7. The Bertz CT molecular complexity index is 1500. The number of aromatic amines is 1. The van der Waals surface area contributed by atoms with Crippen molar-refractivity contribution in [2.24, 2.45) is 4.99 Å². The summed E-state index contributed by atoms with van der Waals surface area (Å²) in [4.78, 5) is 49.0. The number of hydrogen-bond donors (Lipinski definition) is 1. The highest BCUT2D eigenvalue weighted by molar-refractivity contribution is 7.18. The monoisotopic (exact) mass is 471 g/mol. The van der Waals surface area contributed by atoms with Crippen molar-refractivity contribution in [3.8, 4) is 0 Å². The van der Waals surface area contributed by atoms with E-state index in [9.17, 15) is 14.4 Å². The van der Waals surface area contributed by atoms with Crippen LogP contribution in [-0.4, -0.2) is 32.2 Å². The predicted octanol–water partition coefficient (Wildman–Crippen LogP) is 2.36. The van der Waals surface area contributed by atoms with E-state index in [2.05, 4.69) is 19.7 Å². The lowest BCUT2D eigenvalue weighted by Gasteiger charge is -2.10. The normalized spacial score (nSPS) is 11.8. The van der Waals surface area contributed by atoms with Gasteiger partial charge >= 0.3 is 17.3 Å². The van der Waals surface area contributed by atoms with Gasteiger partial charge in [0.25, 0.3) is 0 Å². The molecular formula is C21H18ClN5O4S. The maximum Gasteiger partial charge on any atom is 0.335 e. The predicted molar refractivity (Wildman–Crippen MR) is 121 cm³/mol. The summed E-state index contributed by atoms with van der Waals surface area (Å²) >= 11 is 7.48. The first-order valence-corrected chi connectivity index (χ1v) is 10.7. The maximum atomic E-state index is 13.1. The number of nitrogens with one attached hydrogen (secondary N) is 1. The van der Waals surface area contributed by atoms with E-state index >= 15 is 0 Å². The van der Waals surface area contributed by atoms with Crippen LogP contribution < -0.4 is 17.0 Å². The van der Waals surface area contributed by atoms with Gasteiger partial charge in [-0.3, -0.25) is 14.3 Å². The molecule has 0 saturated heterocycles. The van der Waals surface area contributed by atoms with Crippen LogP contribution in [0.25, 0.3) is 10.2 Å². The molecule has 0 aliphatic rings. The van der Waals surface area contributed by atoms with E-state index in [1.165, 1.54) is 23.0 Å². The van der Waals surface area contributed by atoms with E-state index < -0.39 is 23.9 Å².